The Bertz CT molecular complexity index is 540. The van der Waals surface area contributed by atoms with Crippen LogP contribution in [0.15, 0.2) is 23.6 Å². The fourth-order valence-corrected chi connectivity index (χ4v) is 2.38. The second-order valence-electron chi connectivity index (χ2n) is 4.00. The summed E-state index contributed by atoms with van der Waals surface area (Å²) in [6, 6.07) is 5.23. The van der Waals surface area contributed by atoms with Crippen LogP contribution in [0.3, 0.4) is 0 Å². The van der Waals surface area contributed by atoms with Crippen molar-refractivity contribution in [1.29, 1.82) is 0 Å². The summed E-state index contributed by atoms with van der Waals surface area (Å²) in [4.78, 5) is 4.32. The molecule has 0 aliphatic heterocycles. The maximum Gasteiger partial charge on any atom is 0.131 e. The minimum Gasteiger partial charge on any atom is -0.487 e. The molecular weight excluding hydrogens is 270 g/mol. The molecule has 1 N–H and O–H groups in total. The van der Waals surface area contributed by atoms with Crippen LogP contribution in [0.1, 0.15) is 29.3 Å². The van der Waals surface area contributed by atoms with Crippen LogP contribution in [0.4, 0.5) is 0 Å². The quantitative estimate of drug-likeness (QED) is 0.929. The zero-order valence-electron chi connectivity index (χ0n) is 10.2. The van der Waals surface area contributed by atoms with Gasteiger partial charge >= 0.3 is 0 Å². The standard InChI is InChI=1S/C13H14ClNO2S/c1-8(16)12-5-10(14)3-4-13(12)17-6-11-7-18-9(2)15-11/h3-5,7-8,16H,6H2,1-2H3/t8-/m0/s1. The van der Waals surface area contributed by atoms with E-state index in [4.69, 9.17) is 16.3 Å². The minimum atomic E-state index is -0.615. The average molecular weight is 284 g/mol. The second-order valence-corrected chi connectivity index (χ2v) is 5.50. The number of aliphatic hydroxyl groups excluding tert-OH is 1. The second kappa shape index (κ2) is 5.69. The van der Waals surface area contributed by atoms with Crippen LogP contribution in [0.2, 0.25) is 5.02 Å². The Balaban J connectivity index is 2.13. The summed E-state index contributed by atoms with van der Waals surface area (Å²) in [5.41, 5.74) is 1.58. The normalized spacial score (nSPS) is 12.4. The molecule has 1 aromatic carbocycles. The van der Waals surface area contributed by atoms with Gasteiger partial charge in [-0.3, -0.25) is 0 Å². The van der Waals surface area contributed by atoms with E-state index in [0.717, 1.165) is 10.7 Å². The molecular formula is C13H14ClNO2S. The van der Waals surface area contributed by atoms with E-state index < -0.39 is 6.10 Å². The van der Waals surface area contributed by atoms with E-state index in [1.54, 1.807) is 36.5 Å². The third-order valence-corrected chi connectivity index (χ3v) is 3.52. The summed E-state index contributed by atoms with van der Waals surface area (Å²) in [7, 11) is 0. The molecule has 0 bridgehead atoms. The molecule has 2 aromatic rings. The number of hydrogen-bond donors (Lipinski definition) is 1. The molecule has 2 rings (SSSR count). The van der Waals surface area contributed by atoms with Crippen LogP contribution in [-0.4, -0.2) is 10.1 Å². The van der Waals surface area contributed by atoms with Crippen molar-refractivity contribution in [3.05, 3.63) is 44.9 Å². The van der Waals surface area contributed by atoms with Crippen molar-refractivity contribution in [1.82, 2.24) is 4.98 Å². The Labute approximate surface area is 115 Å². The number of aromatic nitrogens is 1. The van der Waals surface area contributed by atoms with E-state index in [9.17, 15) is 5.11 Å². The third kappa shape index (κ3) is 3.22. The lowest BCUT2D eigenvalue weighted by Gasteiger charge is -2.13. The van der Waals surface area contributed by atoms with Gasteiger partial charge in [-0.15, -0.1) is 11.3 Å². The van der Waals surface area contributed by atoms with Gasteiger partial charge in [0.1, 0.15) is 12.4 Å². The van der Waals surface area contributed by atoms with E-state index in [-0.39, 0.29) is 0 Å². The fourth-order valence-electron chi connectivity index (χ4n) is 1.60. The molecule has 1 atom stereocenters. The van der Waals surface area contributed by atoms with Gasteiger partial charge in [-0.1, -0.05) is 11.6 Å². The van der Waals surface area contributed by atoms with Gasteiger partial charge in [-0.2, -0.15) is 0 Å². The first kappa shape index (κ1) is 13.3. The molecule has 0 radical (unpaired) electrons. The van der Waals surface area contributed by atoms with Crippen LogP contribution in [0.25, 0.3) is 0 Å². The molecule has 0 spiro atoms. The van der Waals surface area contributed by atoms with Crippen LogP contribution < -0.4 is 4.74 Å². The highest BCUT2D eigenvalue weighted by atomic mass is 35.5. The van der Waals surface area contributed by atoms with E-state index in [0.29, 0.717) is 22.9 Å². The number of nitrogens with zero attached hydrogens (tertiary/aromatic N) is 1. The SMILES string of the molecule is Cc1nc(COc2ccc(Cl)cc2[C@H](C)O)cs1. The Morgan fingerprint density at radius 1 is 1.50 bits per heavy atom. The van der Waals surface area contributed by atoms with Crippen LogP contribution in [0.5, 0.6) is 5.75 Å². The highest BCUT2D eigenvalue weighted by molar-refractivity contribution is 7.09. The van der Waals surface area contributed by atoms with Crippen LogP contribution in [0, 0.1) is 6.92 Å². The first-order valence-corrected chi connectivity index (χ1v) is 6.83. The van der Waals surface area contributed by atoms with E-state index in [1.165, 1.54) is 0 Å². The molecule has 0 unspecified atom stereocenters. The predicted molar refractivity (Wildman–Crippen MR) is 73.3 cm³/mol. The number of aliphatic hydroxyl groups is 1. The highest BCUT2D eigenvalue weighted by Gasteiger charge is 2.10. The molecule has 0 fully saturated rings. The smallest absolute Gasteiger partial charge is 0.131 e. The molecule has 0 saturated heterocycles. The van der Waals surface area contributed by atoms with Crippen LogP contribution >= 0.6 is 22.9 Å². The summed E-state index contributed by atoms with van der Waals surface area (Å²) >= 11 is 7.49. The fraction of sp³-hybridized carbons (Fsp3) is 0.308. The van der Waals surface area contributed by atoms with Gasteiger partial charge in [0.15, 0.2) is 0 Å². The van der Waals surface area contributed by atoms with Crippen molar-refractivity contribution in [2.75, 3.05) is 0 Å². The first-order valence-electron chi connectivity index (χ1n) is 5.57. The van der Waals surface area contributed by atoms with Gasteiger partial charge in [0.25, 0.3) is 0 Å². The Kier molecular flexibility index (Phi) is 4.22. The van der Waals surface area contributed by atoms with E-state index in [2.05, 4.69) is 4.98 Å². The molecule has 96 valence electrons. The molecule has 0 amide bonds. The van der Waals surface area contributed by atoms with Gasteiger partial charge < -0.3 is 9.84 Å². The summed E-state index contributed by atoms with van der Waals surface area (Å²) in [5.74, 6) is 0.639. The number of benzene rings is 1. The van der Waals surface area contributed by atoms with Gasteiger partial charge in [0.05, 0.1) is 16.8 Å². The largest absolute Gasteiger partial charge is 0.487 e. The van der Waals surface area contributed by atoms with Crippen molar-refractivity contribution in [2.24, 2.45) is 0 Å². The third-order valence-electron chi connectivity index (χ3n) is 2.46. The summed E-state index contributed by atoms with van der Waals surface area (Å²) in [6.45, 7) is 4.04. The Morgan fingerprint density at radius 2 is 2.28 bits per heavy atom. The van der Waals surface area contributed by atoms with E-state index >= 15 is 0 Å². The highest BCUT2D eigenvalue weighted by Crippen LogP contribution is 2.28. The molecule has 18 heavy (non-hydrogen) atoms. The molecule has 1 heterocycles. The lowest BCUT2D eigenvalue weighted by atomic mass is 10.1. The first-order chi connectivity index (χ1) is 8.56. The predicted octanol–water partition coefficient (Wildman–Crippen LogP) is 3.74. The van der Waals surface area contributed by atoms with Gasteiger partial charge in [0.2, 0.25) is 0 Å². The molecule has 3 nitrogen and oxygen atoms in total. The van der Waals surface area contributed by atoms with Crippen molar-refractivity contribution >= 4 is 22.9 Å². The summed E-state index contributed by atoms with van der Waals surface area (Å²) in [6.07, 6.45) is -0.615. The lowest BCUT2D eigenvalue weighted by molar-refractivity contribution is 0.190. The topological polar surface area (TPSA) is 42.4 Å². The number of aryl methyl sites for hydroxylation is 1. The van der Waals surface area contributed by atoms with Crippen molar-refractivity contribution < 1.29 is 9.84 Å². The lowest BCUT2D eigenvalue weighted by Crippen LogP contribution is -2.01. The molecule has 0 saturated carbocycles. The molecule has 1 aromatic heterocycles. The number of halogens is 1. The maximum absolute atomic E-state index is 9.68. The monoisotopic (exact) mass is 283 g/mol. The van der Waals surface area contributed by atoms with Gasteiger partial charge in [-0.05, 0) is 32.0 Å². The van der Waals surface area contributed by atoms with Gasteiger partial charge in [0, 0.05) is 16.0 Å². The van der Waals surface area contributed by atoms with Crippen molar-refractivity contribution in [2.45, 2.75) is 26.6 Å². The minimum absolute atomic E-state index is 0.395. The van der Waals surface area contributed by atoms with Crippen LogP contribution in [-0.2, 0) is 6.61 Å². The number of hydrogen-bond acceptors (Lipinski definition) is 4. The van der Waals surface area contributed by atoms with E-state index in [1.807, 2.05) is 12.3 Å². The Morgan fingerprint density at radius 3 is 2.89 bits per heavy atom. The zero-order chi connectivity index (χ0) is 13.1. The summed E-state index contributed by atoms with van der Waals surface area (Å²) < 4.78 is 5.68. The maximum atomic E-state index is 9.68. The van der Waals surface area contributed by atoms with Crippen molar-refractivity contribution in [3.63, 3.8) is 0 Å². The molecule has 0 aliphatic carbocycles. The van der Waals surface area contributed by atoms with Crippen molar-refractivity contribution in [3.8, 4) is 5.75 Å². The average Bonchev–Trinajstić information content (AvgIpc) is 2.73. The number of rotatable bonds is 4. The Hall–Kier alpha value is -1.10. The molecule has 0 aliphatic rings. The van der Waals surface area contributed by atoms with Gasteiger partial charge in [-0.25, -0.2) is 4.98 Å². The molecule has 5 heteroatoms. The number of ether oxygens (including phenoxy) is 1. The zero-order valence-corrected chi connectivity index (χ0v) is 11.8. The summed E-state index contributed by atoms with van der Waals surface area (Å²) in [5, 5.41) is 13.2. The number of thiazole rings is 1.